The van der Waals surface area contributed by atoms with E-state index in [4.69, 9.17) is 4.74 Å². The Morgan fingerprint density at radius 3 is 2.93 bits per heavy atom. The summed E-state index contributed by atoms with van der Waals surface area (Å²) in [5, 5.41) is 1.86. The summed E-state index contributed by atoms with van der Waals surface area (Å²) in [5.74, 6) is 0.771. The third-order valence-electron chi connectivity index (χ3n) is 2.01. The van der Waals surface area contributed by atoms with Crippen LogP contribution >= 0.6 is 11.3 Å². The summed E-state index contributed by atoms with van der Waals surface area (Å²) in [6.45, 7) is 5.82. The number of rotatable bonds is 5. The van der Waals surface area contributed by atoms with Crippen molar-refractivity contribution in [1.29, 1.82) is 0 Å². The normalized spacial score (nSPS) is 9.86. The lowest BCUT2D eigenvalue weighted by Gasteiger charge is -2.02. The fourth-order valence-electron chi connectivity index (χ4n) is 1.09. The van der Waals surface area contributed by atoms with Gasteiger partial charge >= 0.3 is 0 Å². The molecular formula is C11H14O2S. The molecule has 14 heavy (non-hydrogen) atoms. The third-order valence-corrected chi connectivity index (χ3v) is 2.95. The maximum absolute atomic E-state index is 11.7. The van der Waals surface area contributed by atoms with Crippen LogP contribution < -0.4 is 4.74 Å². The molecule has 0 atom stereocenters. The minimum absolute atomic E-state index is 0.101. The van der Waals surface area contributed by atoms with Crippen molar-refractivity contribution in [3.05, 3.63) is 28.5 Å². The number of thiophene rings is 1. The molecule has 0 spiro atoms. The highest BCUT2D eigenvalue weighted by Crippen LogP contribution is 2.26. The Bertz CT molecular complexity index is 339. The fraction of sp³-hybridized carbons (Fsp3) is 0.364. The van der Waals surface area contributed by atoms with Crippen LogP contribution in [-0.4, -0.2) is 12.9 Å². The summed E-state index contributed by atoms with van der Waals surface area (Å²) in [4.78, 5) is 12.4. The van der Waals surface area contributed by atoms with E-state index >= 15 is 0 Å². The number of carbonyl (C=O) groups is 1. The highest BCUT2D eigenvalue weighted by Gasteiger charge is 2.13. The summed E-state index contributed by atoms with van der Waals surface area (Å²) in [5.41, 5.74) is 0.963. The highest BCUT2D eigenvalue weighted by atomic mass is 32.1. The standard InChI is InChI=1S/C11H14O2S/c1-4-8(2)7-9(12)11-10(13-3)5-6-14-11/h5-6H,2,4,7H2,1,3H3. The lowest BCUT2D eigenvalue weighted by molar-refractivity contribution is 0.0993. The van der Waals surface area contributed by atoms with Crippen molar-refractivity contribution >= 4 is 17.1 Å². The predicted molar refractivity (Wildman–Crippen MR) is 59.2 cm³/mol. The van der Waals surface area contributed by atoms with Gasteiger partial charge in [0.2, 0.25) is 0 Å². The minimum Gasteiger partial charge on any atom is -0.495 e. The zero-order chi connectivity index (χ0) is 10.6. The molecule has 0 unspecified atom stereocenters. The van der Waals surface area contributed by atoms with Crippen LogP contribution in [0.2, 0.25) is 0 Å². The van der Waals surface area contributed by atoms with Crippen LogP contribution in [0.4, 0.5) is 0 Å². The monoisotopic (exact) mass is 210 g/mol. The second-order valence-electron chi connectivity index (χ2n) is 3.02. The molecular weight excluding hydrogens is 196 g/mol. The van der Waals surface area contributed by atoms with Gasteiger partial charge in [-0.05, 0) is 17.9 Å². The summed E-state index contributed by atoms with van der Waals surface area (Å²) in [7, 11) is 1.58. The zero-order valence-corrected chi connectivity index (χ0v) is 9.32. The molecule has 76 valence electrons. The fourth-order valence-corrected chi connectivity index (χ4v) is 1.89. The number of methoxy groups -OCH3 is 1. The maximum Gasteiger partial charge on any atom is 0.180 e. The molecule has 2 nitrogen and oxygen atoms in total. The van der Waals surface area contributed by atoms with E-state index in [1.54, 1.807) is 7.11 Å². The van der Waals surface area contributed by atoms with Gasteiger partial charge in [0.1, 0.15) is 10.6 Å². The molecule has 1 aromatic heterocycles. The van der Waals surface area contributed by atoms with Crippen LogP contribution in [0, 0.1) is 0 Å². The molecule has 0 saturated heterocycles. The Kier molecular flexibility index (Phi) is 3.89. The average Bonchev–Trinajstić information content (AvgIpc) is 2.65. The van der Waals surface area contributed by atoms with Crippen LogP contribution in [0.3, 0.4) is 0 Å². The summed E-state index contributed by atoms with van der Waals surface area (Å²) >= 11 is 1.42. The van der Waals surface area contributed by atoms with Gasteiger partial charge in [0.25, 0.3) is 0 Å². The van der Waals surface area contributed by atoms with E-state index in [9.17, 15) is 4.79 Å². The molecule has 1 aromatic rings. The van der Waals surface area contributed by atoms with Gasteiger partial charge in [0.15, 0.2) is 5.78 Å². The largest absolute Gasteiger partial charge is 0.495 e. The van der Waals surface area contributed by atoms with Crippen LogP contribution in [-0.2, 0) is 0 Å². The first-order valence-corrected chi connectivity index (χ1v) is 5.38. The van der Waals surface area contributed by atoms with Gasteiger partial charge in [-0.15, -0.1) is 11.3 Å². The Morgan fingerprint density at radius 2 is 2.36 bits per heavy atom. The first-order chi connectivity index (χ1) is 6.69. The molecule has 0 aliphatic carbocycles. The average molecular weight is 210 g/mol. The van der Waals surface area contributed by atoms with Crippen LogP contribution in [0.5, 0.6) is 5.75 Å². The molecule has 0 aliphatic rings. The highest BCUT2D eigenvalue weighted by molar-refractivity contribution is 7.12. The number of carbonyl (C=O) groups excluding carboxylic acids is 1. The van der Waals surface area contributed by atoms with Crippen molar-refractivity contribution in [2.45, 2.75) is 19.8 Å². The van der Waals surface area contributed by atoms with E-state index in [-0.39, 0.29) is 5.78 Å². The number of allylic oxidation sites excluding steroid dienone is 1. The van der Waals surface area contributed by atoms with E-state index in [1.807, 2.05) is 18.4 Å². The Morgan fingerprint density at radius 1 is 1.64 bits per heavy atom. The molecule has 0 N–H and O–H groups in total. The topological polar surface area (TPSA) is 26.3 Å². The quantitative estimate of drug-likeness (QED) is 0.550. The number of hydrogen-bond donors (Lipinski definition) is 0. The van der Waals surface area contributed by atoms with Gasteiger partial charge in [-0.25, -0.2) is 0 Å². The van der Waals surface area contributed by atoms with Crippen molar-refractivity contribution in [3.63, 3.8) is 0 Å². The van der Waals surface area contributed by atoms with E-state index < -0.39 is 0 Å². The Hall–Kier alpha value is -1.09. The first-order valence-electron chi connectivity index (χ1n) is 4.50. The van der Waals surface area contributed by atoms with Gasteiger partial charge in [-0.1, -0.05) is 19.1 Å². The van der Waals surface area contributed by atoms with Crippen molar-refractivity contribution in [2.75, 3.05) is 7.11 Å². The van der Waals surface area contributed by atoms with E-state index in [0.717, 1.165) is 12.0 Å². The van der Waals surface area contributed by atoms with Crippen molar-refractivity contribution < 1.29 is 9.53 Å². The second kappa shape index (κ2) is 4.96. The number of hydrogen-bond acceptors (Lipinski definition) is 3. The van der Waals surface area contributed by atoms with E-state index in [2.05, 4.69) is 6.58 Å². The van der Waals surface area contributed by atoms with E-state index in [1.165, 1.54) is 11.3 Å². The maximum atomic E-state index is 11.7. The smallest absolute Gasteiger partial charge is 0.180 e. The van der Waals surface area contributed by atoms with Gasteiger partial charge in [-0.2, -0.15) is 0 Å². The van der Waals surface area contributed by atoms with Gasteiger partial charge < -0.3 is 4.74 Å². The van der Waals surface area contributed by atoms with Crippen molar-refractivity contribution in [2.24, 2.45) is 0 Å². The summed E-state index contributed by atoms with van der Waals surface area (Å²) in [6.07, 6.45) is 1.27. The number of Topliss-reactive ketones (excluding diaryl/α,β-unsaturated/α-hetero) is 1. The number of ether oxygens (including phenoxy) is 1. The van der Waals surface area contributed by atoms with Crippen molar-refractivity contribution in [3.8, 4) is 5.75 Å². The molecule has 0 fully saturated rings. The molecule has 3 heteroatoms. The first kappa shape index (κ1) is 11.0. The Balaban J connectivity index is 2.74. The Labute approximate surface area is 88.2 Å². The SMILES string of the molecule is C=C(CC)CC(=O)c1sccc1OC. The molecule has 1 rings (SSSR count). The molecule has 0 saturated carbocycles. The van der Waals surface area contributed by atoms with Crippen LogP contribution in [0.1, 0.15) is 29.4 Å². The molecule has 0 aromatic carbocycles. The molecule has 0 aliphatic heterocycles. The lowest BCUT2D eigenvalue weighted by Crippen LogP contribution is -1.99. The van der Waals surface area contributed by atoms with Gasteiger partial charge in [0, 0.05) is 6.42 Å². The minimum atomic E-state index is 0.101. The molecule has 0 amide bonds. The zero-order valence-electron chi connectivity index (χ0n) is 8.50. The van der Waals surface area contributed by atoms with Crippen LogP contribution in [0.25, 0.3) is 0 Å². The molecule has 0 bridgehead atoms. The predicted octanol–water partition coefficient (Wildman–Crippen LogP) is 3.30. The van der Waals surface area contributed by atoms with Gasteiger partial charge in [-0.3, -0.25) is 4.79 Å². The van der Waals surface area contributed by atoms with Crippen LogP contribution in [0.15, 0.2) is 23.6 Å². The van der Waals surface area contributed by atoms with E-state index in [0.29, 0.717) is 17.0 Å². The second-order valence-corrected chi connectivity index (χ2v) is 3.94. The molecule has 1 heterocycles. The van der Waals surface area contributed by atoms with Crippen molar-refractivity contribution in [1.82, 2.24) is 0 Å². The number of ketones is 1. The summed E-state index contributed by atoms with van der Waals surface area (Å²) < 4.78 is 5.08. The lowest BCUT2D eigenvalue weighted by atomic mass is 10.1. The third kappa shape index (κ3) is 2.45. The van der Waals surface area contributed by atoms with Gasteiger partial charge in [0.05, 0.1) is 7.11 Å². The summed E-state index contributed by atoms with van der Waals surface area (Å²) in [6, 6.07) is 1.81. The molecule has 0 radical (unpaired) electrons.